The Labute approximate surface area is 235 Å². The molecule has 3 aromatic rings. The molecule has 3 aromatic carbocycles. The number of rotatable bonds is 12. The highest BCUT2D eigenvalue weighted by atomic mass is 16.5. The van der Waals surface area contributed by atoms with Crippen LogP contribution in [0.25, 0.3) is 12.2 Å². The number of allylic oxidation sites excluding steroid dienone is 2. The molecule has 3 rings (SSSR count). The van der Waals surface area contributed by atoms with Gasteiger partial charge in [0.2, 0.25) is 0 Å². The molecule has 206 valence electrons. The van der Waals surface area contributed by atoms with Crippen LogP contribution in [0.1, 0.15) is 21.5 Å². The zero-order valence-electron chi connectivity index (χ0n) is 23.1. The maximum Gasteiger partial charge on any atom is 0.277 e. The standard InChI is InChI=1S/C31H34N6O3/c1-36(2)26-17-13-24(14-18-26)9-7-21-32-34-30(38)23-40-29-12-6-5-11-28(29)31(39)35-33-22-8-10-25-15-19-27(20-16-25)37(3)4/h5-22H,23H2,1-4H3,(H,34,38)(H,35,39)/b9-7+,10-8+,32-21+,33-22+. The third-order valence-corrected chi connectivity index (χ3v) is 5.56. The zero-order chi connectivity index (χ0) is 28.7. The first-order valence-corrected chi connectivity index (χ1v) is 12.6. The van der Waals surface area contributed by atoms with Crippen LogP contribution in [-0.2, 0) is 4.79 Å². The molecule has 0 aliphatic rings. The van der Waals surface area contributed by atoms with Gasteiger partial charge in [0, 0.05) is 52.0 Å². The summed E-state index contributed by atoms with van der Waals surface area (Å²) in [6.45, 7) is -0.310. The number of nitrogens with one attached hydrogen (secondary N) is 2. The third-order valence-electron chi connectivity index (χ3n) is 5.56. The van der Waals surface area contributed by atoms with E-state index < -0.39 is 11.8 Å². The molecule has 0 heterocycles. The van der Waals surface area contributed by atoms with Crippen molar-refractivity contribution in [2.75, 3.05) is 44.6 Å². The number of hydrazone groups is 2. The van der Waals surface area contributed by atoms with Gasteiger partial charge in [-0.05, 0) is 59.7 Å². The van der Waals surface area contributed by atoms with Crippen molar-refractivity contribution in [3.8, 4) is 5.75 Å². The maximum absolute atomic E-state index is 12.6. The third kappa shape index (κ3) is 9.60. The van der Waals surface area contributed by atoms with Gasteiger partial charge in [-0.2, -0.15) is 10.2 Å². The lowest BCUT2D eigenvalue weighted by Crippen LogP contribution is -2.25. The SMILES string of the molecule is CN(C)c1ccc(/C=C/C=N/NC(=O)COc2ccccc2C(=O)N/N=C/C=C/c2ccc(N(C)C)cc2)cc1. The molecule has 9 heteroatoms. The second kappa shape index (κ2) is 15.3. The largest absolute Gasteiger partial charge is 0.483 e. The van der Waals surface area contributed by atoms with E-state index in [1.807, 2.05) is 98.7 Å². The number of para-hydroxylation sites is 1. The second-order valence-electron chi connectivity index (χ2n) is 9.01. The van der Waals surface area contributed by atoms with E-state index in [0.717, 1.165) is 22.5 Å². The van der Waals surface area contributed by atoms with E-state index in [1.165, 1.54) is 12.4 Å². The van der Waals surface area contributed by atoms with Gasteiger partial charge in [0.15, 0.2) is 6.61 Å². The summed E-state index contributed by atoms with van der Waals surface area (Å²) in [7, 11) is 7.94. The number of carbonyl (C=O) groups excluding carboxylic acids is 2. The maximum atomic E-state index is 12.6. The Hall–Kier alpha value is -5.18. The molecule has 0 aromatic heterocycles. The number of benzene rings is 3. The summed E-state index contributed by atoms with van der Waals surface area (Å²) in [5, 5.41) is 7.84. The minimum Gasteiger partial charge on any atom is -0.483 e. The van der Waals surface area contributed by atoms with E-state index in [0.29, 0.717) is 0 Å². The molecule has 40 heavy (non-hydrogen) atoms. The Kier molecular flexibility index (Phi) is 11.2. The Morgan fingerprint density at radius 2 is 1.23 bits per heavy atom. The summed E-state index contributed by atoms with van der Waals surface area (Å²) in [6.07, 6.45) is 10.2. The molecular formula is C31H34N6O3. The van der Waals surface area contributed by atoms with E-state index in [9.17, 15) is 9.59 Å². The van der Waals surface area contributed by atoms with Gasteiger partial charge in [0.1, 0.15) is 5.75 Å². The average molecular weight is 539 g/mol. The summed E-state index contributed by atoms with van der Waals surface area (Å²) in [4.78, 5) is 28.8. The molecule has 0 aliphatic carbocycles. The molecule has 0 unspecified atom stereocenters. The van der Waals surface area contributed by atoms with Crippen molar-refractivity contribution in [2.45, 2.75) is 0 Å². The van der Waals surface area contributed by atoms with Crippen molar-refractivity contribution in [2.24, 2.45) is 10.2 Å². The molecule has 2 amide bonds. The molecule has 0 saturated carbocycles. The molecule has 0 saturated heterocycles. The van der Waals surface area contributed by atoms with Gasteiger partial charge in [-0.1, -0.05) is 48.6 Å². The van der Waals surface area contributed by atoms with Crippen molar-refractivity contribution < 1.29 is 14.3 Å². The predicted molar refractivity (Wildman–Crippen MR) is 164 cm³/mol. The molecule has 0 spiro atoms. The van der Waals surface area contributed by atoms with Crippen molar-refractivity contribution in [1.29, 1.82) is 0 Å². The van der Waals surface area contributed by atoms with Crippen molar-refractivity contribution >= 4 is 47.8 Å². The van der Waals surface area contributed by atoms with Gasteiger partial charge >= 0.3 is 0 Å². The monoisotopic (exact) mass is 538 g/mol. The molecule has 0 bridgehead atoms. The first kappa shape index (κ1) is 29.4. The van der Waals surface area contributed by atoms with E-state index in [1.54, 1.807) is 36.4 Å². The lowest BCUT2D eigenvalue weighted by molar-refractivity contribution is -0.123. The van der Waals surface area contributed by atoms with Gasteiger partial charge in [0.25, 0.3) is 11.8 Å². The predicted octanol–water partition coefficient (Wildman–Crippen LogP) is 4.44. The number of hydrogen-bond acceptors (Lipinski definition) is 7. The van der Waals surface area contributed by atoms with Crippen molar-refractivity contribution in [3.05, 3.63) is 102 Å². The minimum atomic E-state index is -0.461. The Morgan fingerprint density at radius 3 is 1.75 bits per heavy atom. The topological polar surface area (TPSA) is 98.6 Å². The highest BCUT2D eigenvalue weighted by Gasteiger charge is 2.12. The minimum absolute atomic E-state index is 0.252. The van der Waals surface area contributed by atoms with Crippen LogP contribution in [0.5, 0.6) is 5.75 Å². The van der Waals surface area contributed by atoms with Gasteiger partial charge in [-0.3, -0.25) is 9.59 Å². The molecular weight excluding hydrogens is 504 g/mol. The highest BCUT2D eigenvalue weighted by molar-refractivity contribution is 5.97. The lowest BCUT2D eigenvalue weighted by atomic mass is 10.2. The van der Waals surface area contributed by atoms with Crippen LogP contribution >= 0.6 is 0 Å². The van der Waals surface area contributed by atoms with Crippen LogP contribution in [-0.4, -0.2) is 59.0 Å². The molecule has 0 atom stereocenters. The van der Waals surface area contributed by atoms with Gasteiger partial charge in [0.05, 0.1) is 5.56 Å². The molecule has 0 radical (unpaired) electrons. The summed E-state index contributed by atoms with van der Waals surface area (Å²) < 4.78 is 5.55. The molecule has 2 N–H and O–H groups in total. The lowest BCUT2D eigenvalue weighted by Gasteiger charge is -2.11. The van der Waals surface area contributed by atoms with Gasteiger partial charge in [-0.15, -0.1) is 0 Å². The van der Waals surface area contributed by atoms with Crippen molar-refractivity contribution in [3.63, 3.8) is 0 Å². The summed E-state index contributed by atoms with van der Waals surface area (Å²) >= 11 is 0. The van der Waals surface area contributed by atoms with Gasteiger partial charge < -0.3 is 14.5 Å². The van der Waals surface area contributed by atoms with Crippen LogP contribution < -0.4 is 25.4 Å². The molecule has 0 aliphatic heterocycles. The fourth-order valence-corrected chi connectivity index (χ4v) is 3.38. The second-order valence-corrected chi connectivity index (χ2v) is 9.01. The van der Waals surface area contributed by atoms with Crippen LogP contribution in [0, 0.1) is 0 Å². The zero-order valence-corrected chi connectivity index (χ0v) is 23.1. The molecule has 0 fully saturated rings. The number of anilines is 2. The Balaban J connectivity index is 1.44. The van der Waals surface area contributed by atoms with Crippen LogP contribution in [0.4, 0.5) is 11.4 Å². The first-order chi connectivity index (χ1) is 19.3. The number of nitrogens with zero attached hydrogens (tertiary/aromatic N) is 4. The Morgan fingerprint density at radius 1 is 0.725 bits per heavy atom. The van der Waals surface area contributed by atoms with Gasteiger partial charge in [-0.25, -0.2) is 10.9 Å². The Bertz CT molecular complexity index is 1370. The van der Waals surface area contributed by atoms with Crippen LogP contribution in [0.15, 0.2) is 95.2 Å². The number of carbonyl (C=O) groups is 2. The quantitative estimate of drug-likeness (QED) is 0.262. The fourth-order valence-electron chi connectivity index (χ4n) is 3.38. The van der Waals surface area contributed by atoms with E-state index in [4.69, 9.17) is 4.74 Å². The normalized spacial score (nSPS) is 11.4. The number of ether oxygens (including phenoxy) is 1. The summed E-state index contributed by atoms with van der Waals surface area (Å²) in [6, 6.07) is 22.7. The summed E-state index contributed by atoms with van der Waals surface area (Å²) in [5.41, 5.74) is 9.36. The fraction of sp³-hybridized carbons (Fsp3) is 0.161. The van der Waals surface area contributed by atoms with E-state index >= 15 is 0 Å². The van der Waals surface area contributed by atoms with Crippen LogP contribution in [0.3, 0.4) is 0 Å². The van der Waals surface area contributed by atoms with E-state index in [-0.39, 0.29) is 17.9 Å². The van der Waals surface area contributed by atoms with E-state index in [2.05, 4.69) is 21.1 Å². The van der Waals surface area contributed by atoms with Crippen molar-refractivity contribution in [1.82, 2.24) is 10.9 Å². The average Bonchev–Trinajstić information content (AvgIpc) is 2.96. The first-order valence-electron chi connectivity index (χ1n) is 12.6. The smallest absolute Gasteiger partial charge is 0.277 e. The number of amides is 2. The summed E-state index contributed by atoms with van der Waals surface area (Å²) in [5.74, 6) is -0.665. The molecule has 9 nitrogen and oxygen atoms in total. The number of hydrogen-bond donors (Lipinski definition) is 2. The van der Waals surface area contributed by atoms with Crippen LogP contribution in [0.2, 0.25) is 0 Å². The highest BCUT2D eigenvalue weighted by Crippen LogP contribution is 2.18.